The Morgan fingerprint density at radius 3 is 1.95 bits per heavy atom. The van der Waals surface area contributed by atoms with Gasteiger partial charge >= 0.3 is 11.9 Å². The van der Waals surface area contributed by atoms with Gasteiger partial charge in [0.1, 0.15) is 0 Å². The van der Waals surface area contributed by atoms with Crippen LogP contribution < -0.4 is 0 Å². The van der Waals surface area contributed by atoms with E-state index in [9.17, 15) is 9.59 Å². The Hall–Kier alpha value is -2.62. The summed E-state index contributed by atoms with van der Waals surface area (Å²) in [4.78, 5) is 22.2. The maximum absolute atomic E-state index is 11.2. The van der Waals surface area contributed by atoms with E-state index in [0.29, 0.717) is 0 Å². The molecule has 0 aliphatic carbocycles. The zero-order chi connectivity index (χ0) is 14.0. The van der Waals surface area contributed by atoms with Crippen LogP contribution in [0.3, 0.4) is 0 Å². The normalized spacial score (nSPS) is 10.2. The highest BCUT2D eigenvalue weighted by Gasteiger charge is 2.18. The summed E-state index contributed by atoms with van der Waals surface area (Å²) in [7, 11) is 0. The first-order valence-electron chi connectivity index (χ1n) is 5.67. The summed E-state index contributed by atoms with van der Waals surface area (Å²) >= 11 is 0. The first-order valence-corrected chi connectivity index (χ1v) is 5.67. The molecule has 0 bridgehead atoms. The van der Waals surface area contributed by atoms with Gasteiger partial charge in [-0.05, 0) is 35.7 Å². The molecule has 0 unspecified atom stereocenters. The van der Waals surface area contributed by atoms with Crippen LogP contribution in [0.1, 0.15) is 26.3 Å². The minimum atomic E-state index is -1.24. The second-order valence-corrected chi connectivity index (χ2v) is 4.19. The van der Waals surface area contributed by atoms with Crippen LogP contribution in [0.4, 0.5) is 0 Å². The van der Waals surface area contributed by atoms with Crippen LogP contribution in [0, 0.1) is 6.92 Å². The molecular formula is C15H12O4. The van der Waals surface area contributed by atoms with Crippen LogP contribution in [0.25, 0.3) is 11.1 Å². The molecule has 4 nitrogen and oxygen atoms in total. The second-order valence-electron chi connectivity index (χ2n) is 4.19. The molecule has 0 amide bonds. The van der Waals surface area contributed by atoms with Crippen molar-refractivity contribution in [2.75, 3.05) is 0 Å². The van der Waals surface area contributed by atoms with Crippen LogP contribution in [0.5, 0.6) is 0 Å². The van der Waals surface area contributed by atoms with Gasteiger partial charge < -0.3 is 10.2 Å². The SMILES string of the molecule is Cc1cc(C(=O)O)c(C(=O)O)cc1-c1ccccc1. The number of carboxylic acid groups (broad SMARTS) is 2. The summed E-state index contributed by atoms with van der Waals surface area (Å²) in [5.41, 5.74) is 1.93. The number of carboxylic acids is 2. The van der Waals surface area contributed by atoms with Crippen LogP contribution in [0.15, 0.2) is 42.5 Å². The summed E-state index contributed by atoms with van der Waals surface area (Å²) in [5.74, 6) is -2.48. The minimum Gasteiger partial charge on any atom is -0.478 e. The minimum absolute atomic E-state index is 0.190. The van der Waals surface area contributed by atoms with Gasteiger partial charge in [0.15, 0.2) is 0 Å². The van der Waals surface area contributed by atoms with Gasteiger partial charge in [-0.1, -0.05) is 30.3 Å². The number of rotatable bonds is 3. The van der Waals surface area contributed by atoms with E-state index in [0.717, 1.165) is 16.7 Å². The molecule has 0 aliphatic rings. The van der Waals surface area contributed by atoms with Crippen molar-refractivity contribution in [1.29, 1.82) is 0 Å². The van der Waals surface area contributed by atoms with Crippen LogP contribution in [0.2, 0.25) is 0 Å². The fourth-order valence-electron chi connectivity index (χ4n) is 1.99. The zero-order valence-electron chi connectivity index (χ0n) is 10.3. The third-order valence-corrected chi connectivity index (χ3v) is 2.91. The Kier molecular flexibility index (Phi) is 3.33. The van der Waals surface area contributed by atoms with Crippen molar-refractivity contribution >= 4 is 11.9 Å². The van der Waals surface area contributed by atoms with Crippen LogP contribution in [-0.2, 0) is 0 Å². The molecule has 0 atom stereocenters. The number of hydrogen-bond donors (Lipinski definition) is 2. The molecule has 0 heterocycles. The average Bonchev–Trinajstić information content (AvgIpc) is 2.39. The van der Waals surface area contributed by atoms with E-state index in [-0.39, 0.29) is 11.1 Å². The average molecular weight is 256 g/mol. The number of hydrogen-bond acceptors (Lipinski definition) is 2. The Bertz CT molecular complexity index is 645. The zero-order valence-corrected chi connectivity index (χ0v) is 10.3. The van der Waals surface area contributed by atoms with Gasteiger partial charge in [0, 0.05) is 0 Å². The van der Waals surface area contributed by atoms with Gasteiger partial charge in [-0.15, -0.1) is 0 Å². The summed E-state index contributed by atoms with van der Waals surface area (Å²) in [6.45, 7) is 1.76. The van der Waals surface area contributed by atoms with Crippen molar-refractivity contribution in [3.05, 3.63) is 59.2 Å². The van der Waals surface area contributed by atoms with E-state index in [1.165, 1.54) is 12.1 Å². The Balaban J connectivity index is 2.68. The van der Waals surface area contributed by atoms with Gasteiger partial charge in [-0.3, -0.25) is 0 Å². The Morgan fingerprint density at radius 2 is 1.42 bits per heavy atom. The third-order valence-electron chi connectivity index (χ3n) is 2.91. The van der Waals surface area contributed by atoms with E-state index in [4.69, 9.17) is 10.2 Å². The monoisotopic (exact) mass is 256 g/mol. The summed E-state index contributed by atoms with van der Waals surface area (Å²) in [6, 6.07) is 12.1. The molecule has 4 heteroatoms. The van der Waals surface area contributed by atoms with Crippen LogP contribution >= 0.6 is 0 Å². The fraction of sp³-hybridized carbons (Fsp3) is 0.0667. The maximum atomic E-state index is 11.2. The highest BCUT2D eigenvalue weighted by Crippen LogP contribution is 2.26. The molecule has 2 aromatic carbocycles. The molecule has 0 radical (unpaired) electrons. The molecule has 96 valence electrons. The van der Waals surface area contributed by atoms with E-state index in [1.54, 1.807) is 6.92 Å². The molecule has 0 spiro atoms. The molecule has 2 N–H and O–H groups in total. The van der Waals surface area contributed by atoms with E-state index >= 15 is 0 Å². The van der Waals surface area contributed by atoms with Gasteiger partial charge in [0.05, 0.1) is 11.1 Å². The van der Waals surface area contributed by atoms with E-state index in [1.807, 2.05) is 30.3 Å². The molecule has 0 aromatic heterocycles. The fourth-order valence-corrected chi connectivity index (χ4v) is 1.99. The highest BCUT2D eigenvalue weighted by atomic mass is 16.4. The first kappa shape index (κ1) is 12.8. The van der Waals surface area contributed by atoms with Crippen molar-refractivity contribution in [2.24, 2.45) is 0 Å². The molecule has 19 heavy (non-hydrogen) atoms. The highest BCUT2D eigenvalue weighted by molar-refractivity contribution is 6.03. The van der Waals surface area contributed by atoms with Crippen LogP contribution in [-0.4, -0.2) is 22.2 Å². The number of aryl methyl sites for hydroxylation is 1. The second kappa shape index (κ2) is 4.94. The number of aromatic carboxylic acids is 2. The lowest BCUT2D eigenvalue weighted by atomic mass is 9.94. The molecule has 2 rings (SSSR count). The lowest BCUT2D eigenvalue weighted by Crippen LogP contribution is -2.09. The van der Waals surface area contributed by atoms with Gasteiger partial charge in [0.25, 0.3) is 0 Å². The maximum Gasteiger partial charge on any atom is 0.336 e. The van der Waals surface area contributed by atoms with E-state index < -0.39 is 11.9 Å². The Morgan fingerprint density at radius 1 is 0.895 bits per heavy atom. The third kappa shape index (κ3) is 2.47. The summed E-state index contributed by atoms with van der Waals surface area (Å²) < 4.78 is 0. The largest absolute Gasteiger partial charge is 0.478 e. The molecule has 0 fully saturated rings. The smallest absolute Gasteiger partial charge is 0.336 e. The molecular weight excluding hydrogens is 244 g/mol. The predicted molar refractivity (Wildman–Crippen MR) is 70.5 cm³/mol. The Labute approximate surface area is 109 Å². The van der Waals surface area contributed by atoms with Crippen molar-refractivity contribution in [3.8, 4) is 11.1 Å². The molecule has 0 aliphatic heterocycles. The van der Waals surface area contributed by atoms with Gasteiger partial charge in [-0.2, -0.15) is 0 Å². The number of carbonyl (C=O) groups is 2. The van der Waals surface area contributed by atoms with Crippen molar-refractivity contribution in [3.63, 3.8) is 0 Å². The predicted octanol–water partition coefficient (Wildman–Crippen LogP) is 3.06. The van der Waals surface area contributed by atoms with Crippen molar-refractivity contribution in [2.45, 2.75) is 6.92 Å². The topological polar surface area (TPSA) is 74.6 Å². The number of benzene rings is 2. The quantitative estimate of drug-likeness (QED) is 0.885. The van der Waals surface area contributed by atoms with Gasteiger partial charge in [-0.25, -0.2) is 9.59 Å². The standard InChI is InChI=1S/C15H12O4/c1-9-7-12(14(16)17)13(15(18)19)8-11(9)10-5-3-2-4-6-10/h2-8H,1H3,(H,16,17)(H,18,19). The van der Waals surface area contributed by atoms with Crippen molar-refractivity contribution in [1.82, 2.24) is 0 Å². The summed E-state index contributed by atoms with van der Waals surface area (Å²) in [5, 5.41) is 18.2. The summed E-state index contributed by atoms with van der Waals surface area (Å²) in [6.07, 6.45) is 0. The van der Waals surface area contributed by atoms with Crippen molar-refractivity contribution < 1.29 is 19.8 Å². The lowest BCUT2D eigenvalue weighted by molar-refractivity contribution is 0.0651. The lowest BCUT2D eigenvalue weighted by Gasteiger charge is -2.10. The molecule has 2 aromatic rings. The molecule has 0 saturated carbocycles. The first-order chi connectivity index (χ1) is 9.00. The van der Waals surface area contributed by atoms with Gasteiger partial charge in [0.2, 0.25) is 0 Å². The van der Waals surface area contributed by atoms with E-state index in [2.05, 4.69) is 0 Å². The molecule has 0 saturated heterocycles.